The van der Waals surface area contributed by atoms with Crippen LogP contribution in [0.3, 0.4) is 0 Å². The van der Waals surface area contributed by atoms with E-state index in [-0.39, 0.29) is 12.1 Å². The summed E-state index contributed by atoms with van der Waals surface area (Å²) in [4.78, 5) is 26.6. The largest absolute Gasteiger partial charge is 0.448 e. The van der Waals surface area contributed by atoms with Gasteiger partial charge in [0.1, 0.15) is 12.4 Å². The molecular formula is C28H39N5O2. The molecule has 0 spiro atoms. The third-order valence-corrected chi connectivity index (χ3v) is 8.13. The van der Waals surface area contributed by atoms with Crippen LogP contribution >= 0.6 is 0 Å². The van der Waals surface area contributed by atoms with Crippen molar-refractivity contribution < 1.29 is 9.53 Å². The molecule has 3 saturated heterocycles. The number of hydrogen-bond donors (Lipinski definition) is 1. The van der Waals surface area contributed by atoms with E-state index in [1.165, 1.54) is 31.4 Å². The Labute approximate surface area is 209 Å². The Morgan fingerprint density at radius 1 is 1.11 bits per heavy atom. The number of hydrogen-bond acceptors (Lipinski definition) is 6. The van der Waals surface area contributed by atoms with Gasteiger partial charge in [0.15, 0.2) is 0 Å². The van der Waals surface area contributed by atoms with E-state index in [4.69, 9.17) is 14.7 Å². The van der Waals surface area contributed by atoms with Crippen LogP contribution in [-0.4, -0.2) is 66.8 Å². The molecular weight excluding hydrogens is 438 g/mol. The number of fused-ring (bicyclic) bond motifs is 3. The monoisotopic (exact) mass is 477 g/mol. The average molecular weight is 478 g/mol. The Balaban J connectivity index is 1.22. The summed E-state index contributed by atoms with van der Waals surface area (Å²) >= 11 is 0. The molecule has 1 aromatic carbocycles. The molecule has 0 radical (unpaired) electrons. The summed E-state index contributed by atoms with van der Waals surface area (Å²) in [6.45, 7) is 4.51. The Kier molecular flexibility index (Phi) is 7.23. The van der Waals surface area contributed by atoms with Crippen LogP contribution in [0.15, 0.2) is 30.3 Å². The number of alkyl carbamates (subject to hydrolysis) is 1. The molecule has 188 valence electrons. The van der Waals surface area contributed by atoms with Gasteiger partial charge in [0, 0.05) is 55.6 Å². The Hall–Kier alpha value is -2.67. The number of anilines is 1. The number of benzene rings is 1. The minimum absolute atomic E-state index is 0.243. The van der Waals surface area contributed by atoms with Crippen molar-refractivity contribution in [3.05, 3.63) is 41.9 Å². The van der Waals surface area contributed by atoms with Crippen molar-refractivity contribution >= 4 is 11.8 Å². The van der Waals surface area contributed by atoms with E-state index in [9.17, 15) is 4.79 Å². The molecule has 2 bridgehead atoms. The molecule has 4 atom stereocenters. The van der Waals surface area contributed by atoms with Gasteiger partial charge in [0.25, 0.3) is 0 Å². The molecule has 4 fully saturated rings. The lowest BCUT2D eigenvalue weighted by molar-refractivity contribution is -0.00403. The summed E-state index contributed by atoms with van der Waals surface area (Å²) in [6, 6.07) is 11.3. The number of rotatable bonds is 6. The number of piperidine rings is 3. The summed E-state index contributed by atoms with van der Waals surface area (Å²) in [7, 11) is 4.10. The van der Waals surface area contributed by atoms with E-state index in [2.05, 4.69) is 59.5 Å². The number of carbonyl (C=O) groups excluding carboxylic acids is 1. The first-order chi connectivity index (χ1) is 17.0. The van der Waals surface area contributed by atoms with Gasteiger partial charge in [-0.3, -0.25) is 4.90 Å². The summed E-state index contributed by atoms with van der Waals surface area (Å²) in [6.07, 6.45) is 7.83. The second-order valence-electron chi connectivity index (χ2n) is 10.8. The zero-order valence-corrected chi connectivity index (χ0v) is 21.4. The average Bonchev–Trinajstić information content (AvgIpc) is 2.88. The number of carbonyl (C=O) groups is 1. The van der Waals surface area contributed by atoms with E-state index in [1.807, 2.05) is 6.92 Å². The van der Waals surface area contributed by atoms with Gasteiger partial charge in [0.2, 0.25) is 0 Å². The predicted molar refractivity (Wildman–Crippen MR) is 139 cm³/mol. The molecule has 3 aliphatic heterocycles. The lowest BCUT2D eigenvalue weighted by atomic mass is 9.74. The van der Waals surface area contributed by atoms with Crippen molar-refractivity contribution in [2.45, 2.75) is 69.9 Å². The maximum Gasteiger partial charge on any atom is 0.407 e. The minimum Gasteiger partial charge on any atom is -0.448 e. The fourth-order valence-electron chi connectivity index (χ4n) is 6.13. The zero-order chi connectivity index (χ0) is 24.4. The molecule has 2 aromatic rings. The number of ether oxygens (including phenoxy) is 1. The first-order valence-corrected chi connectivity index (χ1v) is 13.3. The maximum absolute atomic E-state index is 12.3. The quantitative estimate of drug-likeness (QED) is 0.647. The molecule has 7 heteroatoms. The van der Waals surface area contributed by atoms with Gasteiger partial charge >= 0.3 is 6.09 Å². The van der Waals surface area contributed by atoms with Gasteiger partial charge in [-0.2, -0.15) is 0 Å². The van der Waals surface area contributed by atoms with Crippen LogP contribution in [0, 0.1) is 12.8 Å². The third-order valence-electron chi connectivity index (χ3n) is 8.13. The maximum atomic E-state index is 12.3. The Morgan fingerprint density at radius 3 is 2.57 bits per heavy atom. The van der Waals surface area contributed by atoms with E-state index in [0.29, 0.717) is 24.5 Å². The zero-order valence-electron chi connectivity index (χ0n) is 21.4. The molecule has 4 aliphatic rings. The summed E-state index contributed by atoms with van der Waals surface area (Å²) < 4.78 is 5.68. The molecule has 35 heavy (non-hydrogen) atoms. The molecule has 1 N–H and O–H groups in total. The number of aryl methyl sites for hydroxylation is 1. The van der Waals surface area contributed by atoms with Gasteiger partial charge in [-0.1, -0.05) is 31.4 Å². The van der Waals surface area contributed by atoms with Gasteiger partial charge < -0.3 is 15.0 Å². The first kappa shape index (κ1) is 24.0. The molecule has 1 saturated carbocycles. The third kappa shape index (κ3) is 5.61. The highest BCUT2D eigenvalue weighted by Gasteiger charge is 2.42. The van der Waals surface area contributed by atoms with Crippen molar-refractivity contribution in [3.63, 3.8) is 0 Å². The highest BCUT2D eigenvalue weighted by Crippen LogP contribution is 2.42. The van der Waals surface area contributed by atoms with Crippen LogP contribution in [0.4, 0.5) is 10.5 Å². The predicted octanol–water partition coefficient (Wildman–Crippen LogP) is 4.75. The van der Waals surface area contributed by atoms with Crippen molar-refractivity contribution in [2.24, 2.45) is 5.92 Å². The van der Waals surface area contributed by atoms with Crippen LogP contribution in [0.2, 0.25) is 0 Å². The number of nitrogens with one attached hydrogen (secondary N) is 1. The van der Waals surface area contributed by atoms with Crippen LogP contribution in [0.25, 0.3) is 11.3 Å². The van der Waals surface area contributed by atoms with Crippen molar-refractivity contribution in [3.8, 4) is 11.3 Å². The van der Waals surface area contributed by atoms with E-state index >= 15 is 0 Å². The molecule has 7 nitrogen and oxygen atoms in total. The minimum atomic E-state index is -0.243. The van der Waals surface area contributed by atoms with E-state index in [1.54, 1.807) is 0 Å². The topological polar surface area (TPSA) is 70.6 Å². The lowest BCUT2D eigenvalue weighted by Crippen LogP contribution is -2.54. The van der Waals surface area contributed by atoms with E-state index < -0.39 is 0 Å². The fourth-order valence-corrected chi connectivity index (χ4v) is 6.13. The Bertz CT molecular complexity index is 1020. The highest BCUT2D eigenvalue weighted by molar-refractivity contribution is 5.67. The SMILES string of the molecule is Cc1nc(-c2ccc(N(C)C)cc2)cc([C@H]2CN3CC[C@H]2C[C@@H]3COC(=O)NC2CCCCC2)n1. The van der Waals surface area contributed by atoms with E-state index in [0.717, 1.165) is 55.1 Å². The second-order valence-corrected chi connectivity index (χ2v) is 10.8. The Morgan fingerprint density at radius 2 is 1.89 bits per heavy atom. The van der Waals surface area contributed by atoms with Gasteiger partial charge in [-0.25, -0.2) is 14.8 Å². The number of amides is 1. The summed E-state index contributed by atoms with van der Waals surface area (Å²) in [5.74, 6) is 1.79. The molecule has 1 aliphatic carbocycles. The molecule has 4 heterocycles. The van der Waals surface area contributed by atoms with Gasteiger partial charge in [-0.05, 0) is 63.3 Å². The van der Waals surface area contributed by atoms with Crippen LogP contribution in [-0.2, 0) is 4.74 Å². The number of aromatic nitrogens is 2. The smallest absolute Gasteiger partial charge is 0.407 e. The van der Waals surface area contributed by atoms with Crippen LogP contribution < -0.4 is 10.2 Å². The molecule has 1 amide bonds. The normalized spacial score (nSPS) is 26.4. The van der Waals surface area contributed by atoms with Crippen molar-refractivity contribution in [1.82, 2.24) is 20.2 Å². The summed E-state index contributed by atoms with van der Waals surface area (Å²) in [5, 5.41) is 3.08. The van der Waals surface area contributed by atoms with Gasteiger partial charge in [-0.15, -0.1) is 0 Å². The van der Waals surface area contributed by atoms with Crippen LogP contribution in [0.1, 0.15) is 62.4 Å². The second kappa shape index (κ2) is 10.5. The standard InChI is InChI=1S/C28H39N5O2/c1-19-29-26(20-9-11-23(12-10-20)32(2)3)16-27(30-19)25-17-33-14-13-21(25)15-24(33)18-35-28(34)31-22-7-5-4-6-8-22/h9-12,16,21-22,24-25H,4-8,13-15,17-18H2,1-3H3,(H,31,34)/t21-,24+,25-/m0/s1. The molecule has 6 rings (SSSR count). The van der Waals surface area contributed by atoms with Gasteiger partial charge in [0.05, 0.1) is 5.69 Å². The molecule has 1 aromatic heterocycles. The van der Waals surface area contributed by atoms with Crippen molar-refractivity contribution in [2.75, 3.05) is 38.7 Å². The fraction of sp³-hybridized carbons (Fsp3) is 0.607. The number of nitrogens with zero attached hydrogens (tertiary/aromatic N) is 4. The summed E-state index contributed by atoms with van der Waals surface area (Å²) in [5.41, 5.74) is 4.44. The first-order valence-electron chi connectivity index (χ1n) is 13.3. The lowest BCUT2D eigenvalue weighted by Gasteiger charge is -2.49. The van der Waals surface area contributed by atoms with Crippen molar-refractivity contribution in [1.29, 1.82) is 0 Å². The molecule has 1 unspecified atom stereocenters. The highest BCUT2D eigenvalue weighted by atomic mass is 16.5. The van der Waals surface area contributed by atoms with Crippen LogP contribution in [0.5, 0.6) is 0 Å².